The van der Waals surface area contributed by atoms with Crippen molar-refractivity contribution in [1.29, 1.82) is 0 Å². The number of para-hydroxylation sites is 1. The highest BCUT2D eigenvalue weighted by molar-refractivity contribution is 6.25. The van der Waals surface area contributed by atoms with E-state index < -0.39 is 5.82 Å². The normalized spacial score (nSPS) is 11.6. The molecule has 0 unspecified atom stereocenters. The fourth-order valence-electron chi connectivity index (χ4n) is 2.17. The summed E-state index contributed by atoms with van der Waals surface area (Å²) in [6.07, 6.45) is 4.72. The summed E-state index contributed by atoms with van der Waals surface area (Å²) in [5, 5.41) is 0. The van der Waals surface area contributed by atoms with Crippen LogP contribution in [0.1, 0.15) is 16.8 Å². The molecule has 0 spiro atoms. The van der Waals surface area contributed by atoms with Crippen LogP contribution in [-0.4, -0.2) is 4.57 Å². The van der Waals surface area contributed by atoms with Crippen LogP contribution in [0.25, 0.3) is 11.8 Å². The van der Waals surface area contributed by atoms with Gasteiger partial charge in [0.15, 0.2) is 0 Å². The minimum absolute atomic E-state index is 0.227. The SMILES string of the molecule is Cc1c(/C=C\C=C\Cl)c(F)c(C)n(-c2ccccc2)c1=O. The lowest BCUT2D eigenvalue weighted by atomic mass is 10.1. The van der Waals surface area contributed by atoms with Crippen LogP contribution < -0.4 is 5.56 Å². The van der Waals surface area contributed by atoms with Gasteiger partial charge in [-0.2, -0.15) is 0 Å². The maximum atomic E-state index is 14.5. The Kier molecular flexibility index (Phi) is 4.76. The molecule has 21 heavy (non-hydrogen) atoms. The van der Waals surface area contributed by atoms with Crippen LogP contribution in [0.4, 0.5) is 4.39 Å². The lowest BCUT2D eigenvalue weighted by molar-refractivity contribution is 0.593. The van der Waals surface area contributed by atoms with Crippen molar-refractivity contribution in [2.45, 2.75) is 13.8 Å². The quantitative estimate of drug-likeness (QED) is 0.772. The monoisotopic (exact) mass is 303 g/mol. The Morgan fingerprint density at radius 3 is 2.43 bits per heavy atom. The number of benzene rings is 1. The maximum Gasteiger partial charge on any atom is 0.259 e. The van der Waals surface area contributed by atoms with Gasteiger partial charge in [-0.3, -0.25) is 9.36 Å². The van der Waals surface area contributed by atoms with Crippen molar-refractivity contribution >= 4 is 17.7 Å². The highest BCUT2D eigenvalue weighted by atomic mass is 35.5. The number of pyridine rings is 1. The maximum absolute atomic E-state index is 14.5. The van der Waals surface area contributed by atoms with Gasteiger partial charge in [0.25, 0.3) is 5.56 Å². The number of halogens is 2. The Morgan fingerprint density at radius 1 is 1.14 bits per heavy atom. The molecule has 108 valence electrons. The second-order valence-corrected chi connectivity index (χ2v) is 4.84. The van der Waals surface area contributed by atoms with Crippen LogP contribution in [0, 0.1) is 19.7 Å². The Hall–Kier alpha value is -2.13. The molecule has 2 aromatic rings. The number of aromatic nitrogens is 1. The van der Waals surface area contributed by atoms with Gasteiger partial charge in [0.2, 0.25) is 0 Å². The van der Waals surface area contributed by atoms with E-state index in [1.54, 1.807) is 44.2 Å². The topological polar surface area (TPSA) is 22.0 Å². The van der Waals surface area contributed by atoms with Crippen LogP contribution in [0.5, 0.6) is 0 Å². The zero-order chi connectivity index (χ0) is 15.4. The smallest absolute Gasteiger partial charge is 0.259 e. The lowest BCUT2D eigenvalue weighted by Gasteiger charge is -2.14. The van der Waals surface area contributed by atoms with Gasteiger partial charge in [-0.1, -0.05) is 48.0 Å². The van der Waals surface area contributed by atoms with Gasteiger partial charge >= 0.3 is 0 Å². The molecule has 2 rings (SSSR count). The molecule has 0 N–H and O–H groups in total. The number of hydrogen-bond donors (Lipinski definition) is 0. The molecule has 0 fully saturated rings. The summed E-state index contributed by atoms with van der Waals surface area (Å²) >= 11 is 5.42. The van der Waals surface area contributed by atoms with Gasteiger partial charge in [0, 0.05) is 22.3 Å². The molecule has 0 bridgehead atoms. The molecule has 0 aliphatic heterocycles. The standard InChI is InChI=1S/C17H15ClFNO/c1-12-15(10-6-7-11-18)16(19)13(2)20(17(12)21)14-8-4-3-5-9-14/h3-11H,1-2H3/b10-6-,11-7+. The summed E-state index contributed by atoms with van der Waals surface area (Å²) in [6, 6.07) is 9.03. The summed E-state index contributed by atoms with van der Waals surface area (Å²) in [5.41, 5.74) is 2.68. The van der Waals surface area contributed by atoms with Gasteiger partial charge in [-0.25, -0.2) is 4.39 Å². The molecule has 0 amide bonds. The molecule has 1 aromatic heterocycles. The first-order valence-corrected chi connectivity index (χ1v) is 6.92. The van der Waals surface area contributed by atoms with E-state index in [2.05, 4.69) is 0 Å². The third-order valence-corrected chi connectivity index (χ3v) is 3.42. The van der Waals surface area contributed by atoms with Gasteiger partial charge in [0.05, 0.1) is 5.69 Å². The predicted octanol–water partition coefficient (Wildman–Crippen LogP) is 4.36. The fraction of sp³-hybridized carbons (Fsp3) is 0.118. The van der Waals surface area contributed by atoms with E-state index in [1.165, 1.54) is 10.1 Å². The zero-order valence-corrected chi connectivity index (χ0v) is 12.6. The minimum atomic E-state index is -0.407. The molecular formula is C17H15ClFNO. The van der Waals surface area contributed by atoms with E-state index in [0.29, 0.717) is 16.8 Å². The van der Waals surface area contributed by atoms with E-state index in [0.717, 1.165) is 0 Å². The fourth-order valence-corrected chi connectivity index (χ4v) is 2.26. The van der Waals surface area contributed by atoms with Crippen LogP contribution in [0.15, 0.2) is 52.8 Å². The number of nitrogens with zero attached hydrogens (tertiary/aromatic N) is 1. The predicted molar refractivity (Wildman–Crippen MR) is 85.5 cm³/mol. The van der Waals surface area contributed by atoms with Gasteiger partial charge in [0.1, 0.15) is 5.82 Å². The summed E-state index contributed by atoms with van der Waals surface area (Å²) in [4.78, 5) is 12.5. The van der Waals surface area contributed by atoms with E-state index >= 15 is 0 Å². The zero-order valence-electron chi connectivity index (χ0n) is 11.8. The number of rotatable bonds is 3. The molecule has 0 saturated heterocycles. The molecule has 1 aromatic carbocycles. The van der Waals surface area contributed by atoms with Crippen LogP contribution in [0.3, 0.4) is 0 Å². The van der Waals surface area contributed by atoms with Gasteiger partial charge in [-0.05, 0) is 26.0 Å². The average Bonchev–Trinajstić information content (AvgIpc) is 2.50. The third-order valence-electron chi connectivity index (χ3n) is 3.28. The van der Waals surface area contributed by atoms with E-state index in [9.17, 15) is 9.18 Å². The molecule has 1 heterocycles. The Bertz CT molecular complexity index is 761. The molecule has 0 aliphatic rings. The van der Waals surface area contributed by atoms with Crippen molar-refractivity contribution in [2.75, 3.05) is 0 Å². The van der Waals surface area contributed by atoms with Crippen LogP contribution >= 0.6 is 11.6 Å². The van der Waals surface area contributed by atoms with Crippen LogP contribution in [0.2, 0.25) is 0 Å². The first-order chi connectivity index (χ1) is 10.1. The Morgan fingerprint density at radius 2 is 1.81 bits per heavy atom. The molecular weight excluding hydrogens is 289 g/mol. The first kappa shape index (κ1) is 15.3. The van der Waals surface area contributed by atoms with Crippen molar-refractivity contribution in [3.05, 3.63) is 81.0 Å². The molecule has 0 radical (unpaired) electrons. The molecule has 0 atom stereocenters. The molecule has 4 heteroatoms. The molecule has 0 aliphatic carbocycles. The minimum Gasteiger partial charge on any atom is -0.278 e. The van der Waals surface area contributed by atoms with Crippen molar-refractivity contribution in [3.8, 4) is 5.69 Å². The number of hydrogen-bond acceptors (Lipinski definition) is 1. The number of allylic oxidation sites excluding steroid dienone is 2. The Labute approximate surface area is 127 Å². The summed E-state index contributed by atoms with van der Waals surface area (Å²) < 4.78 is 15.9. The van der Waals surface area contributed by atoms with E-state index in [1.807, 2.05) is 18.2 Å². The second kappa shape index (κ2) is 6.55. The summed E-state index contributed by atoms with van der Waals surface area (Å²) in [6.45, 7) is 3.21. The van der Waals surface area contributed by atoms with Gasteiger partial charge in [-0.15, -0.1) is 0 Å². The van der Waals surface area contributed by atoms with Gasteiger partial charge < -0.3 is 0 Å². The van der Waals surface area contributed by atoms with E-state index in [4.69, 9.17) is 11.6 Å². The highest BCUT2D eigenvalue weighted by Gasteiger charge is 2.16. The summed E-state index contributed by atoms with van der Waals surface area (Å²) in [5.74, 6) is -0.407. The van der Waals surface area contributed by atoms with Crippen molar-refractivity contribution in [1.82, 2.24) is 4.57 Å². The van der Waals surface area contributed by atoms with Crippen LogP contribution in [-0.2, 0) is 0 Å². The second-order valence-electron chi connectivity index (χ2n) is 4.59. The summed E-state index contributed by atoms with van der Waals surface area (Å²) in [7, 11) is 0. The molecule has 2 nitrogen and oxygen atoms in total. The third kappa shape index (κ3) is 2.98. The van der Waals surface area contributed by atoms with Crippen molar-refractivity contribution in [3.63, 3.8) is 0 Å². The average molecular weight is 304 g/mol. The highest BCUT2D eigenvalue weighted by Crippen LogP contribution is 2.18. The van der Waals surface area contributed by atoms with Crippen molar-refractivity contribution < 1.29 is 4.39 Å². The molecule has 0 saturated carbocycles. The largest absolute Gasteiger partial charge is 0.278 e. The van der Waals surface area contributed by atoms with E-state index in [-0.39, 0.29) is 11.3 Å². The Balaban J connectivity index is 2.70. The lowest BCUT2D eigenvalue weighted by Crippen LogP contribution is -2.25. The first-order valence-electron chi connectivity index (χ1n) is 6.48. The van der Waals surface area contributed by atoms with Crippen molar-refractivity contribution in [2.24, 2.45) is 0 Å².